The number of cyclic esters (lactones) is 1. The van der Waals surface area contributed by atoms with Crippen LogP contribution in [-0.2, 0) is 14.3 Å². The molecule has 0 aromatic heterocycles. The van der Waals surface area contributed by atoms with E-state index < -0.39 is 5.97 Å². The van der Waals surface area contributed by atoms with Crippen molar-refractivity contribution in [3.63, 3.8) is 0 Å². The fourth-order valence-corrected chi connectivity index (χ4v) is 1.56. The summed E-state index contributed by atoms with van der Waals surface area (Å²) in [6.45, 7) is 1.60. The van der Waals surface area contributed by atoms with E-state index >= 15 is 0 Å². The Bertz CT molecular complexity index is 256. The van der Waals surface area contributed by atoms with Gasteiger partial charge in [0.2, 0.25) is 0 Å². The smallest absolute Gasteiger partial charge is 0.410 e. The molecule has 1 fully saturated rings. The summed E-state index contributed by atoms with van der Waals surface area (Å²) in [5.74, 6) is -0.863. The maximum absolute atomic E-state index is 11.5. The van der Waals surface area contributed by atoms with E-state index in [-0.39, 0.29) is 18.6 Å². The molecule has 0 bridgehead atoms. The van der Waals surface area contributed by atoms with Gasteiger partial charge in [0.15, 0.2) is 0 Å². The molecule has 1 unspecified atom stereocenters. The summed E-state index contributed by atoms with van der Waals surface area (Å²) in [4.78, 5) is 23.4. The molecule has 6 heteroatoms. The van der Waals surface area contributed by atoms with Crippen molar-refractivity contribution in [2.24, 2.45) is 0 Å². The van der Waals surface area contributed by atoms with Crippen LogP contribution in [0.1, 0.15) is 19.3 Å². The second-order valence-corrected chi connectivity index (χ2v) is 3.71. The van der Waals surface area contributed by atoms with Gasteiger partial charge in [0, 0.05) is 33.0 Å². The summed E-state index contributed by atoms with van der Waals surface area (Å²) in [6, 6.07) is 0. The second-order valence-electron chi connectivity index (χ2n) is 3.71. The lowest BCUT2D eigenvalue weighted by atomic mass is 10.1. The molecule has 1 amide bonds. The fraction of sp³-hybridized carbons (Fsp3) is 0.800. The van der Waals surface area contributed by atoms with E-state index in [2.05, 4.69) is 0 Å². The highest BCUT2D eigenvalue weighted by atomic mass is 16.6. The predicted molar refractivity (Wildman–Crippen MR) is 55.2 cm³/mol. The van der Waals surface area contributed by atoms with Crippen molar-refractivity contribution in [1.29, 1.82) is 0 Å². The molecule has 0 aromatic rings. The van der Waals surface area contributed by atoms with Crippen molar-refractivity contribution in [2.75, 3.05) is 26.8 Å². The summed E-state index contributed by atoms with van der Waals surface area (Å²) in [5, 5.41) is 8.51. The van der Waals surface area contributed by atoms with E-state index in [1.807, 2.05) is 0 Å². The Balaban J connectivity index is 2.28. The number of aliphatic carboxylic acids is 1. The molecule has 1 N–H and O–H groups in total. The van der Waals surface area contributed by atoms with Gasteiger partial charge in [-0.2, -0.15) is 0 Å². The van der Waals surface area contributed by atoms with Gasteiger partial charge in [-0.3, -0.25) is 4.79 Å². The lowest BCUT2D eigenvalue weighted by Crippen LogP contribution is -2.43. The van der Waals surface area contributed by atoms with Gasteiger partial charge in [-0.25, -0.2) is 4.79 Å². The van der Waals surface area contributed by atoms with Crippen molar-refractivity contribution < 1.29 is 24.2 Å². The van der Waals surface area contributed by atoms with Crippen LogP contribution in [0.5, 0.6) is 0 Å². The van der Waals surface area contributed by atoms with Crippen LogP contribution in [0.4, 0.5) is 4.79 Å². The van der Waals surface area contributed by atoms with Crippen molar-refractivity contribution in [3.8, 4) is 0 Å². The predicted octanol–water partition coefficient (Wildman–Crippen LogP) is 0.709. The summed E-state index contributed by atoms with van der Waals surface area (Å²) >= 11 is 0. The highest BCUT2D eigenvalue weighted by Crippen LogP contribution is 2.15. The Morgan fingerprint density at radius 2 is 2.44 bits per heavy atom. The van der Waals surface area contributed by atoms with Gasteiger partial charge in [-0.1, -0.05) is 0 Å². The molecule has 1 rings (SSSR count). The summed E-state index contributed by atoms with van der Waals surface area (Å²) in [6.07, 6.45) is 0.471. The molecule has 1 atom stereocenters. The number of carbonyl (C=O) groups is 2. The van der Waals surface area contributed by atoms with Crippen LogP contribution >= 0.6 is 0 Å². The van der Waals surface area contributed by atoms with Crippen LogP contribution < -0.4 is 0 Å². The number of nitrogens with zero attached hydrogens (tertiary/aromatic N) is 1. The number of ether oxygens (including phenoxy) is 2. The highest BCUT2D eigenvalue weighted by Gasteiger charge is 2.26. The van der Waals surface area contributed by atoms with Crippen molar-refractivity contribution in [2.45, 2.75) is 25.4 Å². The van der Waals surface area contributed by atoms with Gasteiger partial charge in [0.05, 0.1) is 6.61 Å². The van der Waals surface area contributed by atoms with Gasteiger partial charge < -0.3 is 19.5 Å². The number of rotatable bonds is 6. The zero-order valence-electron chi connectivity index (χ0n) is 9.35. The Morgan fingerprint density at radius 3 is 3.00 bits per heavy atom. The lowest BCUT2D eigenvalue weighted by molar-refractivity contribution is -0.137. The third-order valence-electron chi connectivity index (χ3n) is 2.49. The number of carboxylic acids is 1. The number of carboxylic acid groups (broad SMARTS) is 1. The molecule has 92 valence electrons. The van der Waals surface area contributed by atoms with Crippen LogP contribution in [0, 0.1) is 0 Å². The van der Waals surface area contributed by atoms with Gasteiger partial charge in [-0.15, -0.1) is 0 Å². The highest BCUT2D eigenvalue weighted by molar-refractivity contribution is 5.69. The minimum Gasteiger partial charge on any atom is -0.481 e. The molecule has 1 heterocycles. The van der Waals surface area contributed by atoms with Crippen molar-refractivity contribution in [1.82, 2.24) is 4.90 Å². The molecule has 0 aliphatic carbocycles. The second kappa shape index (κ2) is 6.32. The van der Waals surface area contributed by atoms with Crippen LogP contribution in [-0.4, -0.2) is 55.0 Å². The number of amides is 1. The fourth-order valence-electron chi connectivity index (χ4n) is 1.56. The molecule has 0 aromatic carbocycles. The first-order chi connectivity index (χ1) is 7.63. The molecule has 16 heavy (non-hydrogen) atoms. The lowest BCUT2D eigenvalue weighted by Gasteiger charge is -2.31. The third-order valence-corrected chi connectivity index (χ3v) is 2.49. The average Bonchev–Trinajstić information content (AvgIpc) is 2.25. The topological polar surface area (TPSA) is 76.1 Å². The monoisotopic (exact) mass is 231 g/mol. The number of hydrogen-bond donors (Lipinski definition) is 1. The molecule has 1 aliphatic rings. The summed E-state index contributed by atoms with van der Waals surface area (Å²) in [5.41, 5.74) is 0. The molecular weight excluding hydrogens is 214 g/mol. The normalized spacial score (nSPS) is 20.7. The Labute approximate surface area is 94.1 Å². The van der Waals surface area contributed by atoms with E-state index in [1.165, 1.54) is 0 Å². The molecule has 0 saturated carbocycles. The third kappa shape index (κ3) is 4.06. The van der Waals surface area contributed by atoms with Crippen LogP contribution in [0.2, 0.25) is 0 Å². The SMILES string of the molecule is COCCN1CCC(CCC(=O)O)OC1=O. The number of hydrogen-bond acceptors (Lipinski definition) is 4. The largest absolute Gasteiger partial charge is 0.481 e. The zero-order valence-corrected chi connectivity index (χ0v) is 9.35. The zero-order chi connectivity index (χ0) is 12.0. The summed E-state index contributed by atoms with van der Waals surface area (Å²) < 4.78 is 9.99. The molecule has 1 saturated heterocycles. The maximum atomic E-state index is 11.5. The minimum absolute atomic E-state index is 0.0377. The van der Waals surface area contributed by atoms with Gasteiger partial charge in [0.25, 0.3) is 0 Å². The van der Waals surface area contributed by atoms with Crippen LogP contribution in [0.15, 0.2) is 0 Å². The standard InChI is InChI=1S/C10H17NO5/c1-15-7-6-11-5-4-8(16-10(11)14)2-3-9(12)13/h8H,2-7H2,1H3,(H,12,13). The van der Waals surface area contributed by atoms with E-state index in [0.717, 1.165) is 0 Å². The van der Waals surface area contributed by atoms with E-state index in [0.29, 0.717) is 32.5 Å². The van der Waals surface area contributed by atoms with E-state index in [4.69, 9.17) is 14.6 Å². The minimum atomic E-state index is -0.863. The first kappa shape index (κ1) is 12.8. The number of carbonyl (C=O) groups excluding carboxylic acids is 1. The van der Waals surface area contributed by atoms with E-state index in [9.17, 15) is 9.59 Å². The number of methoxy groups -OCH3 is 1. The first-order valence-electron chi connectivity index (χ1n) is 5.29. The Kier molecular flexibility index (Phi) is 5.04. The molecule has 0 spiro atoms. The summed E-state index contributed by atoms with van der Waals surface area (Å²) in [7, 11) is 1.57. The maximum Gasteiger partial charge on any atom is 0.410 e. The van der Waals surface area contributed by atoms with Gasteiger partial charge in [0.1, 0.15) is 6.10 Å². The van der Waals surface area contributed by atoms with Crippen molar-refractivity contribution >= 4 is 12.1 Å². The molecule has 0 radical (unpaired) electrons. The van der Waals surface area contributed by atoms with Crippen LogP contribution in [0.25, 0.3) is 0 Å². The van der Waals surface area contributed by atoms with Gasteiger partial charge in [-0.05, 0) is 6.42 Å². The molecule has 1 aliphatic heterocycles. The molecular formula is C10H17NO5. The quantitative estimate of drug-likeness (QED) is 0.728. The van der Waals surface area contributed by atoms with Crippen molar-refractivity contribution in [3.05, 3.63) is 0 Å². The average molecular weight is 231 g/mol. The Morgan fingerprint density at radius 1 is 1.69 bits per heavy atom. The Hall–Kier alpha value is -1.30. The van der Waals surface area contributed by atoms with Crippen LogP contribution in [0.3, 0.4) is 0 Å². The van der Waals surface area contributed by atoms with E-state index in [1.54, 1.807) is 12.0 Å². The molecule has 6 nitrogen and oxygen atoms in total. The first-order valence-corrected chi connectivity index (χ1v) is 5.29. The van der Waals surface area contributed by atoms with Gasteiger partial charge >= 0.3 is 12.1 Å².